The summed E-state index contributed by atoms with van der Waals surface area (Å²) in [5, 5.41) is 147. The van der Waals surface area contributed by atoms with Crippen LogP contribution in [0.15, 0.2) is 0 Å². The molecule has 0 aromatic heterocycles. The van der Waals surface area contributed by atoms with E-state index in [9.17, 15) is 100 Å². The van der Waals surface area contributed by atoms with Crippen molar-refractivity contribution in [1.29, 1.82) is 0 Å². The Hall–Kier alpha value is -3.66. The Bertz CT molecular complexity index is 1960. The average molecular weight is 1330 g/mol. The second-order valence-corrected chi connectivity index (χ2v) is 24.0. The molecule has 4 heterocycles. The highest BCUT2D eigenvalue weighted by molar-refractivity contribution is 5.88. The van der Waals surface area contributed by atoms with Crippen LogP contribution in [0.5, 0.6) is 0 Å². The van der Waals surface area contributed by atoms with Gasteiger partial charge in [-0.3, -0.25) is 28.8 Å². The maximum atomic E-state index is 12.4. The molecule has 21 unspecified atom stereocenters. The molecule has 32 heteroatoms. The molecule has 0 bridgehead atoms. The van der Waals surface area contributed by atoms with Crippen molar-refractivity contribution in [3.05, 3.63) is 0 Å². The second kappa shape index (κ2) is 45.0. The summed E-state index contributed by atoms with van der Waals surface area (Å²) < 4.78 is 43.7. The number of unbranched alkanes of at least 4 members (excludes halogenated alkanes) is 6. The Morgan fingerprint density at radius 1 is 0.348 bits per heavy atom. The van der Waals surface area contributed by atoms with E-state index in [1.807, 2.05) is 0 Å². The van der Waals surface area contributed by atoms with E-state index in [2.05, 4.69) is 21.3 Å². The van der Waals surface area contributed by atoms with Crippen LogP contribution in [0.25, 0.3) is 0 Å². The molecule has 32 nitrogen and oxygen atoms in total. The zero-order chi connectivity index (χ0) is 68.5. The Kier molecular flexibility index (Phi) is 40.4. The largest absolute Gasteiger partial charge is 0.394 e. The molecule has 4 saturated heterocycles. The third-order valence-corrected chi connectivity index (χ3v) is 16.5. The minimum absolute atomic E-state index is 0.138. The summed E-state index contributed by atoms with van der Waals surface area (Å²) in [6.45, 7) is 5.80. The van der Waals surface area contributed by atoms with Gasteiger partial charge in [0.2, 0.25) is 23.6 Å². The van der Waals surface area contributed by atoms with Crippen LogP contribution in [0, 0.1) is 11.8 Å². The van der Waals surface area contributed by atoms with E-state index < -0.39 is 161 Å². The van der Waals surface area contributed by atoms with E-state index in [1.54, 1.807) is 13.8 Å². The number of aliphatic hydroxyl groups is 14. The lowest BCUT2D eigenvalue weighted by Crippen LogP contribution is -2.59. The fourth-order valence-corrected chi connectivity index (χ4v) is 10.4. The number of ketones is 2. The Labute approximate surface area is 536 Å². The predicted molar refractivity (Wildman–Crippen MR) is 320 cm³/mol. The number of carbonyl (C=O) groups is 6. The van der Waals surface area contributed by atoms with Crippen molar-refractivity contribution in [1.82, 2.24) is 21.3 Å². The van der Waals surface area contributed by atoms with Crippen LogP contribution >= 0.6 is 0 Å². The lowest BCUT2D eigenvalue weighted by atomic mass is 9.92. The number of rotatable bonds is 42. The van der Waals surface area contributed by atoms with Gasteiger partial charge >= 0.3 is 0 Å². The van der Waals surface area contributed by atoms with Gasteiger partial charge in [0.25, 0.3) is 0 Å². The average Bonchev–Trinajstić information content (AvgIpc) is 1.12. The van der Waals surface area contributed by atoms with Gasteiger partial charge in [0.1, 0.15) is 73.2 Å². The Morgan fingerprint density at radius 3 is 0.913 bits per heavy atom. The number of hydrogen-bond acceptors (Lipinski definition) is 28. The standard InChI is InChI=1S/2C30H54N2O14/c2*1-17-24(38)25(39)20(15-33)45-29(17)43-13-8-5-11-23(37)32-19(18(2)35)9-3-6-12-31-22(36)10-4-7-14-44-30-28(42)27(41)26(40)21(16-34)46-30/h2*17,19-21,24-30,33-34,38-42H,3-16H2,1-2H3,(H,31,36)(H,32,37)/t17?,19-,20?,21?,24?,25?,26?,27?,28?,29?,30?;/m1./s1. The lowest BCUT2D eigenvalue weighted by molar-refractivity contribution is -0.301. The molecule has 0 radical (unpaired) electrons. The maximum Gasteiger partial charge on any atom is 0.220 e. The highest BCUT2D eigenvalue weighted by Crippen LogP contribution is 2.29. The number of Topliss-reactive ketones (excluding diaryl/α,β-unsaturated/α-hetero) is 2. The van der Waals surface area contributed by atoms with Crippen molar-refractivity contribution < 1.29 is 138 Å². The van der Waals surface area contributed by atoms with Gasteiger partial charge in [-0.2, -0.15) is 0 Å². The van der Waals surface area contributed by atoms with Crippen molar-refractivity contribution in [2.75, 3.05) is 65.9 Å². The SMILES string of the molecule is CC(=O)C(CCCCNC(=O)CCCCOC1OC(CO)C(O)C(O)C1O)NC(=O)CCCCOC1OC(CO)C(O)C(O)C1C.CC(=O)[C@@H](CCCCNC(=O)CCCCOC1OC(CO)C(O)C(O)C1O)NC(=O)CCCCOC1OC(CO)C(O)C(O)C1C. The summed E-state index contributed by atoms with van der Waals surface area (Å²) in [6.07, 6.45) is -13.2. The summed E-state index contributed by atoms with van der Waals surface area (Å²) in [4.78, 5) is 73.1. The van der Waals surface area contributed by atoms with Gasteiger partial charge in [0, 0.05) is 77.0 Å². The van der Waals surface area contributed by atoms with E-state index in [1.165, 1.54) is 13.8 Å². The van der Waals surface area contributed by atoms with Crippen LogP contribution in [-0.2, 0) is 66.7 Å². The molecule has 4 rings (SSSR count). The highest BCUT2D eigenvalue weighted by Gasteiger charge is 2.46. The molecule has 92 heavy (non-hydrogen) atoms. The summed E-state index contributed by atoms with van der Waals surface area (Å²) >= 11 is 0. The van der Waals surface area contributed by atoms with Gasteiger partial charge in [0.15, 0.2) is 36.7 Å². The number of ether oxygens (including phenoxy) is 8. The molecule has 4 amide bonds. The molecule has 22 atom stereocenters. The molecule has 0 saturated carbocycles. The molecule has 0 aromatic carbocycles. The Morgan fingerprint density at radius 2 is 0.620 bits per heavy atom. The first-order valence-electron chi connectivity index (χ1n) is 32.3. The fraction of sp³-hybridized carbons (Fsp3) is 0.900. The molecule has 0 aliphatic carbocycles. The number of hydrogen-bond donors (Lipinski definition) is 18. The molecule has 18 N–H and O–H groups in total. The van der Waals surface area contributed by atoms with Crippen LogP contribution in [0.3, 0.4) is 0 Å². The van der Waals surface area contributed by atoms with E-state index in [0.29, 0.717) is 103 Å². The quantitative estimate of drug-likeness (QED) is 0.0255. The van der Waals surface area contributed by atoms with Crippen LogP contribution in [-0.4, -0.2) is 295 Å². The molecule has 0 spiro atoms. The van der Waals surface area contributed by atoms with Crippen LogP contribution in [0.1, 0.15) is 143 Å². The summed E-state index contributed by atoms with van der Waals surface area (Å²) in [5.74, 6) is -2.13. The van der Waals surface area contributed by atoms with Gasteiger partial charge in [-0.15, -0.1) is 0 Å². The van der Waals surface area contributed by atoms with E-state index >= 15 is 0 Å². The summed E-state index contributed by atoms with van der Waals surface area (Å²) in [7, 11) is 0. The number of amides is 4. The summed E-state index contributed by atoms with van der Waals surface area (Å²) in [5.41, 5.74) is 0. The van der Waals surface area contributed by atoms with Crippen LogP contribution in [0.2, 0.25) is 0 Å². The van der Waals surface area contributed by atoms with Gasteiger partial charge in [-0.25, -0.2) is 0 Å². The van der Waals surface area contributed by atoms with Crippen molar-refractivity contribution in [3.8, 4) is 0 Å². The molecule has 4 fully saturated rings. The Balaban J connectivity index is 0.000000480. The van der Waals surface area contributed by atoms with Gasteiger partial charge < -0.3 is 131 Å². The first kappa shape index (κ1) is 82.6. The van der Waals surface area contributed by atoms with E-state index in [4.69, 9.17) is 37.9 Å². The van der Waals surface area contributed by atoms with E-state index in [0.717, 1.165) is 0 Å². The molecule has 0 aromatic rings. The third-order valence-electron chi connectivity index (χ3n) is 16.5. The van der Waals surface area contributed by atoms with Crippen LogP contribution in [0.4, 0.5) is 0 Å². The zero-order valence-corrected chi connectivity index (χ0v) is 53.5. The van der Waals surface area contributed by atoms with Crippen LogP contribution < -0.4 is 21.3 Å². The number of carbonyl (C=O) groups excluding carboxylic acids is 6. The van der Waals surface area contributed by atoms with Crippen molar-refractivity contribution in [3.63, 3.8) is 0 Å². The van der Waals surface area contributed by atoms with Gasteiger partial charge in [-0.1, -0.05) is 13.8 Å². The minimum Gasteiger partial charge on any atom is -0.394 e. The van der Waals surface area contributed by atoms with Gasteiger partial charge in [-0.05, 0) is 104 Å². The maximum absolute atomic E-state index is 12.4. The second-order valence-electron chi connectivity index (χ2n) is 24.0. The highest BCUT2D eigenvalue weighted by atomic mass is 16.7. The number of nitrogens with one attached hydrogen (secondary N) is 4. The first-order valence-corrected chi connectivity index (χ1v) is 32.3. The number of aliphatic hydroxyl groups excluding tert-OH is 14. The minimum atomic E-state index is -1.51. The molecular formula is C60H108N4O28. The predicted octanol–water partition coefficient (Wildman–Crippen LogP) is -4.81. The van der Waals surface area contributed by atoms with Crippen molar-refractivity contribution in [2.45, 2.75) is 266 Å². The molecule has 4 aliphatic rings. The van der Waals surface area contributed by atoms with Gasteiger partial charge in [0.05, 0.1) is 50.7 Å². The third kappa shape index (κ3) is 28.6. The monoisotopic (exact) mass is 1330 g/mol. The first-order chi connectivity index (χ1) is 43.8. The van der Waals surface area contributed by atoms with Crippen molar-refractivity contribution in [2.24, 2.45) is 11.8 Å². The topological polar surface area (TPSA) is 508 Å². The molecule has 4 aliphatic heterocycles. The van der Waals surface area contributed by atoms with E-state index in [-0.39, 0.29) is 87.3 Å². The molecule has 536 valence electrons. The fourth-order valence-electron chi connectivity index (χ4n) is 10.4. The molecular weight excluding hydrogens is 1220 g/mol. The zero-order valence-electron chi connectivity index (χ0n) is 53.5. The summed E-state index contributed by atoms with van der Waals surface area (Å²) in [6, 6.07) is -1.24. The van der Waals surface area contributed by atoms with Crippen molar-refractivity contribution >= 4 is 35.2 Å². The lowest BCUT2D eigenvalue weighted by Gasteiger charge is -2.40. The normalized spacial score (nSPS) is 32.1. The smallest absolute Gasteiger partial charge is 0.220 e.